The Balaban J connectivity index is 2.31. The van der Waals surface area contributed by atoms with E-state index in [9.17, 15) is 13.2 Å². The first-order chi connectivity index (χ1) is 8.50. The van der Waals surface area contributed by atoms with E-state index in [0.717, 1.165) is 5.56 Å². The van der Waals surface area contributed by atoms with Crippen LogP contribution in [0.1, 0.15) is 18.5 Å². The van der Waals surface area contributed by atoms with Crippen molar-refractivity contribution in [1.82, 2.24) is 5.32 Å². The van der Waals surface area contributed by atoms with Crippen LogP contribution in [-0.4, -0.2) is 26.2 Å². The highest BCUT2D eigenvalue weighted by Gasteiger charge is 2.08. The highest BCUT2D eigenvalue weighted by atomic mass is 35.5. The maximum absolute atomic E-state index is 12.9. The van der Waals surface area contributed by atoms with Crippen molar-refractivity contribution < 1.29 is 17.9 Å². The van der Waals surface area contributed by atoms with E-state index in [2.05, 4.69) is 5.32 Å². The fraction of sp³-hybridized carbons (Fsp3) is 0.500. The van der Waals surface area contributed by atoms with Crippen LogP contribution in [0.3, 0.4) is 0 Å². The summed E-state index contributed by atoms with van der Waals surface area (Å²) in [5, 5.41) is 3.13. The molecule has 18 heavy (non-hydrogen) atoms. The maximum Gasteiger partial charge on any atom is 0.261 e. The predicted octanol–water partition coefficient (Wildman–Crippen LogP) is 3.41. The smallest absolute Gasteiger partial charge is 0.261 e. The number of halogens is 4. The minimum absolute atomic E-state index is 0.0572. The standard InChI is InChI=1S/C12H15ClF3NO/c1-8(17-4-5-18-7-12(15)16)9-2-3-11(14)10(13)6-9/h2-3,6,8,12,17H,4-5,7H2,1H3. The van der Waals surface area contributed by atoms with E-state index in [1.54, 1.807) is 6.07 Å². The van der Waals surface area contributed by atoms with Crippen LogP contribution < -0.4 is 5.32 Å². The van der Waals surface area contributed by atoms with Crippen molar-refractivity contribution >= 4 is 11.6 Å². The van der Waals surface area contributed by atoms with Gasteiger partial charge in [-0.3, -0.25) is 0 Å². The summed E-state index contributed by atoms with van der Waals surface area (Å²) >= 11 is 5.67. The zero-order valence-corrected chi connectivity index (χ0v) is 10.7. The van der Waals surface area contributed by atoms with Crippen LogP contribution in [0.15, 0.2) is 18.2 Å². The first-order valence-corrected chi connectivity index (χ1v) is 5.92. The normalized spacial score (nSPS) is 13.0. The SMILES string of the molecule is CC(NCCOCC(F)F)c1ccc(F)c(Cl)c1. The van der Waals surface area contributed by atoms with Gasteiger partial charge in [-0.1, -0.05) is 17.7 Å². The molecule has 2 nitrogen and oxygen atoms in total. The number of benzene rings is 1. The van der Waals surface area contributed by atoms with Crippen molar-refractivity contribution in [2.45, 2.75) is 19.4 Å². The molecule has 0 spiro atoms. The molecule has 0 aliphatic rings. The van der Waals surface area contributed by atoms with Gasteiger partial charge in [0, 0.05) is 12.6 Å². The first-order valence-electron chi connectivity index (χ1n) is 5.55. The third-order valence-electron chi connectivity index (χ3n) is 2.38. The van der Waals surface area contributed by atoms with Gasteiger partial charge in [0.1, 0.15) is 12.4 Å². The van der Waals surface area contributed by atoms with Crippen LogP contribution in [-0.2, 0) is 4.74 Å². The molecule has 1 aromatic carbocycles. The largest absolute Gasteiger partial charge is 0.374 e. The van der Waals surface area contributed by atoms with Crippen LogP contribution in [0.5, 0.6) is 0 Å². The summed E-state index contributed by atoms with van der Waals surface area (Å²) < 4.78 is 41.2. The van der Waals surface area contributed by atoms with Crippen molar-refractivity contribution in [3.63, 3.8) is 0 Å². The Labute approximate surface area is 109 Å². The Kier molecular flexibility index (Phi) is 6.46. The van der Waals surface area contributed by atoms with Crippen LogP contribution in [0.25, 0.3) is 0 Å². The van der Waals surface area contributed by atoms with Gasteiger partial charge in [0.15, 0.2) is 0 Å². The average molecular weight is 282 g/mol. The molecule has 0 saturated heterocycles. The second kappa shape index (κ2) is 7.61. The summed E-state index contributed by atoms with van der Waals surface area (Å²) in [5.41, 5.74) is 0.829. The van der Waals surface area contributed by atoms with E-state index >= 15 is 0 Å². The fourth-order valence-electron chi connectivity index (χ4n) is 1.42. The Bertz CT molecular complexity index is 376. The van der Waals surface area contributed by atoms with Crippen molar-refractivity contribution in [2.24, 2.45) is 0 Å². The quantitative estimate of drug-likeness (QED) is 0.774. The molecule has 1 N–H and O–H groups in total. The van der Waals surface area contributed by atoms with Crippen molar-refractivity contribution in [2.75, 3.05) is 19.8 Å². The van der Waals surface area contributed by atoms with Crippen molar-refractivity contribution in [3.8, 4) is 0 Å². The van der Waals surface area contributed by atoms with Crippen LogP contribution in [0, 0.1) is 5.82 Å². The van der Waals surface area contributed by atoms with E-state index < -0.39 is 18.8 Å². The first kappa shape index (κ1) is 15.3. The van der Waals surface area contributed by atoms with E-state index in [1.165, 1.54) is 12.1 Å². The number of hydrogen-bond acceptors (Lipinski definition) is 2. The van der Waals surface area contributed by atoms with E-state index in [4.69, 9.17) is 16.3 Å². The minimum atomic E-state index is -2.45. The lowest BCUT2D eigenvalue weighted by Crippen LogP contribution is -2.24. The highest BCUT2D eigenvalue weighted by Crippen LogP contribution is 2.20. The molecule has 0 bridgehead atoms. The molecule has 0 fully saturated rings. The lowest BCUT2D eigenvalue weighted by atomic mass is 10.1. The van der Waals surface area contributed by atoms with Gasteiger partial charge >= 0.3 is 0 Å². The maximum atomic E-state index is 12.9. The molecule has 102 valence electrons. The molecule has 0 heterocycles. The average Bonchev–Trinajstić information content (AvgIpc) is 2.31. The van der Waals surface area contributed by atoms with Gasteiger partial charge in [0.25, 0.3) is 6.43 Å². The van der Waals surface area contributed by atoms with Gasteiger partial charge in [-0.05, 0) is 24.6 Å². The summed E-state index contributed by atoms with van der Waals surface area (Å²) in [7, 11) is 0. The number of hydrogen-bond donors (Lipinski definition) is 1. The monoisotopic (exact) mass is 281 g/mol. The number of rotatable bonds is 7. The summed E-state index contributed by atoms with van der Waals surface area (Å²) in [6.07, 6.45) is -2.45. The molecule has 0 saturated carbocycles. The molecule has 1 atom stereocenters. The third kappa shape index (κ3) is 5.25. The van der Waals surface area contributed by atoms with Gasteiger partial charge < -0.3 is 10.1 Å². The Hall–Kier alpha value is -0.780. The molecule has 1 rings (SSSR count). The van der Waals surface area contributed by atoms with Crippen LogP contribution in [0.4, 0.5) is 13.2 Å². The van der Waals surface area contributed by atoms with Crippen molar-refractivity contribution in [1.29, 1.82) is 0 Å². The second-order valence-corrected chi connectivity index (χ2v) is 4.22. The van der Waals surface area contributed by atoms with Crippen LogP contribution in [0.2, 0.25) is 5.02 Å². The van der Waals surface area contributed by atoms with Gasteiger partial charge in [-0.25, -0.2) is 13.2 Å². The molecule has 1 unspecified atom stereocenters. The van der Waals surface area contributed by atoms with E-state index in [0.29, 0.717) is 6.54 Å². The number of alkyl halides is 2. The van der Waals surface area contributed by atoms with Gasteiger partial charge in [-0.15, -0.1) is 0 Å². The lowest BCUT2D eigenvalue weighted by molar-refractivity contribution is 0.0183. The van der Waals surface area contributed by atoms with Crippen molar-refractivity contribution in [3.05, 3.63) is 34.6 Å². The minimum Gasteiger partial charge on any atom is -0.374 e. The molecule has 6 heteroatoms. The Morgan fingerprint density at radius 2 is 2.11 bits per heavy atom. The van der Waals surface area contributed by atoms with E-state index in [-0.39, 0.29) is 17.7 Å². The molecule has 0 aliphatic carbocycles. The summed E-state index contributed by atoms with van der Waals surface area (Å²) in [4.78, 5) is 0. The summed E-state index contributed by atoms with van der Waals surface area (Å²) in [6, 6.07) is 4.40. The van der Waals surface area contributed by atoms with Gasteiger partial charge in [0.2, 0.25) is 0 Å². The van der Waals surface area contributed by atoms with Gasteiger partial charge in [0.05, 0.1) is 11.6 Å². The molecule has 0 amide bonds. The number of nitrogens with one attached hydrogen (secondary N) is 1. The summed E-state index contributed by atoms with van der Waals surface area (Å²) in [6.45, 7) is 1.95. The van der Waals surface area contributed by atoms with Gasteiger partial charge in [-0.2, -0.15) is 0 Å². The molecular weight excluding hydrogens is 267 g/mol. The highest BCUT2D eigenvalue weighted by molar-refractivity contribution is 6.30. The molecular formula is C12H15ClF3NO. The molecule has 0 radical (unpaired) electrons. The number of ether oxygens (including phenoxy) is 1. The van der Waals surface area contributed by atoms with E-state index in [1.807, 2.05) is 6.92 Å². The topological polar surface area (TPSA) is 21.3 Å². The lowest BCUT2D eigenvalue weighted by Gasteiger charge is -2.14. The molecule has 1 aromatic rings. The Morgan fingerprint density at radius 3 is 2.72 bits per heavy atom. The molecule has 0 aliphatic heterocycles. The summed E-state index contributed by atoms with van der Waals surface area (Å²) in [5.74, 6) is -0.465. The van der Waals surface area contributed by atoms with Crippen LogP contribution >= 0.6 is 11.6 Å². The predicted molar refractivity (Wildman–Crippen MR) is 64.7 cm³/mol. The zero-order chi connectivity index (χ0) is 13.5. The Morgan fingerprint density at radius 1 is 1.39 bits per heavy atom. The fourth-order valence-corrected chi connectivity index (χ4v) is 1.61. The zero-order valence-electron chi connectivity index (χ0n) is 9.93. The second-order valence-electron chi connectivity index (χ2n) is 3.82. The third-order valence-corrected chi connectivity index (χ3v) is 2.67. The molecule has 0 aromatic heterocycles.